The molecular formula is C12H11ClN4O2. The highest BCUT2D eigenvalue weighted by molar-refractivity contribution is 6.31. The lowest BCUT2D eigenvalue weighted by Crippen LogP contribution is -2.12. The van der Waals surface area contributed by atoms with Crippen molar-refractivity contribution in [3.05, 3.63) is 34.7 Å². The number of nitrogens with two attached hydrogens (primary N) is 1. The van der Waals surface area contributed by atoms with E-state index in [1.54, 1.807) is 6.07 Å². The van der Waals surface area contributed by atoms with Crippen molar-refractivity contribution in [1.29, 1.82) is 0 Å². The van der Waals surface area contributed by atoms with Gasteiger partial charge in [0, 0.05) is 22.2 Å². The zero-order valence-corrected chi connectivity index (χ0v) is 10.6. The molecule has 98 valence electrons. The molecule has 1 aromatic carbocycles. The maximum Gasteiger partial charge on any atom is 0.322 e. The van der Waals surface area contributed by atoms with Gasteiger partial charge in [0.15, 0.2) is 0 Å². The summed E-state index contributed by atoms with van der Waals surface area (Å²) < 4.78 is 5.34. The second-order valence-electron chi connectivity index (χ2n) is 4.45. The molecule has 3 N–H and O–H groups in total. The number of carbonyl (C=O) groups excluding carboxylic acids is 1. The average Bonchev–Trinajstić information content (AvgIpc) is 3.09. The summed E-state index contributed by atoms with van der Waals surface area (Å²) in [6.45, 7) is 0. The summed E-state index contributed by atoms with van der Waals surface area (Å²) in [6.07, 6.45) is 2.11. The van der Waals surface area contributed by atoms with Crippen LogP contribution in [0.5, 0.6) is 0 Å². The normalized spacial score (nSPS) is 14.4. The van der Waals surface area contributed by atoms with E-state index in [0.29, 0.717) is 28.1 Å². The highest BCUT2D eigenvalue weighted by atomic mass is 35.5. The monoisotopic (exact) mass is 278 g/mol. The van der Waals surface area contributed by atoms with Crippen LogP contribution >= 0.6 is 11.6 Å². The van der Waals surface area contributed by atoms with Crippen molar-refractivity contribution < 1.29 is 9.21 Å². The van der Waals surface area contributed by atoms with E-state index in [9.17, 15) is 4.79 Å². The molecule has 1 amide bonds. The van der Waals surface area contributed by atoms with Crippen LogP contribution in [0.3, 0.4) is 0 Å². The summed E-state index contributed by atoms with van der Waals surface area (Å²) >= 11 is 5.84. The first-order valence-corrected chi connectivity index (χ1v) is 6.20. The van der Waals surface area contributed by atoms with Crippen molar-refractivity contribution >= 4 is 29.2 Å². The van der Waals surface area contributed by atoms with Crippen molar-refractivity contribution in [2.75, 3.05) is 11.1 Å². The van der Waals surface area contributed by atoms with Crippen LogP contribution in [-0.2, 0) is 0 Å². The van der Waals surface area contributed by atoms with Crippen molar-refractivity contribution in [2.45, 2.75) is 18.8 Å². The number of halogens is 1. The fourth-order valence-electron chi connectivity index (χ4n) is 1.69. The maximum absolute atomic E-state index is 12.0. The molecule has 6 nitrogen and oxygen atoms in total. The number of benzene rings is 1. The van der Waals surface area contributed by atoms with Gasteiger partial charge in [-0.05, 0) is 31.0 Å². The predicted molar refractivity (Wildman–Crippen MR) is 70.1 cm³/mol. The SMILES string of the molecule is Nc1cc(Cl)cc(C(=O)Nc2nnc(C3CC3)o2)c1. The maximum atomic E-state index is 12.0. The highest BCUT2D eigenvalue weighted by Gasteiger charge is 2.29. The Bertz CT molecular complexity index is 616. The molecule has 7 heteroatoms. The van der Waals surface area contributed by atoms with Gasteiger partial charge in [-0.1, -0.05) is 16.7 Å². The first-order chi connectivity index (χ1) is 9.11. The lowest BCUT2D eigenvalue weighted by Gasteiger charge is -2.02. The smallest absolute Gasteiger partial charge is 0.322 e. The molecule has 0 aliphatic heterocycles. The van der Waals surface area contributed by atoms with E-state index in [1.807, 2.05) is 0 Å². The van der Waals surface area contributed by atoms with E-state index in [0.717, 1.165) is 12.8 Å². The Balaban J connectivity index is 1.75. The van der Waals surface area contributed by atoms with E-state index >= 15 is 0 Å². The molecule has 0 saturated heterocycles. The second-order valence-corrected chi connectivity index (χ2v) is 4.88. The van der Waals surface area contributed by atoms with Gasteiger partial charge in [-0.15, -0.1) is 5.10 Å². The lowest BCUT2D eigenvalue weighted by atomic mass is 10.2. The van der Waals surface area contributed by atoms with Gasteiger partial charge in [0.2, 0.25) is 5.89 Å². The van der Waals surface area contributed by atoms with Crippen molar-refractivity contribution in [2.24, 2.45) is 0 Å². The number of hydrogen-bond donors (Lipinski definition) is 2. The molecule has 0 spiro atoms. The third-order valence-electron chi connectivity index (χ3n) is 2.77. The van der Waals surface area contributed by atoms with Crippen molar-refractivity contribution in [3.8, 4) is 0 Å². The Morgan fingerprint density at radius 3 is 2.84 bits per heavy atom. The Morgan fingerprint density at radius 2 is 2.16 bits per heavy atom. The number of nitrogens with zero attached hydrogens (tertiary/aromatic N) is 2. The summed E-state index contributed by atoms with van der Waals surface area (Å²) in [5.41, 5.74) is 6.39. The summed E-state index contributed by atoms with van der Waals surface area (Å²) in [4.78, 5) is 12.0. The quantitative estimate of drug-likeness (QED) is 0.841. The zero-order chi connectivity index (χ0) is 13.4. The van der Waals surface area contributed by atoms with Gasteiger partial charge >= 0.3 is 6.01 Å². The van der Waals surface area contributed by atoms with Gasteiger partial charge in [0.25, 0.3) is 5.91 Å². The van der Waals surface area contributed by atoms with Crippen LogP contribution in [0.25, 0.3) is 0 Å². The number of aromatic nitrogens is 2. The molecule has 0 unspecified atom stereocenters. The van der Waals surface area contributed by atoms with Gasteiger partial charge in [0.1, 0.15) is 0 Å². The van der Waals surface area contributed by atoms with Gasteiger partial charge in [-0.3, -0.25) is 10.1 Å². The number of hydrogen-bond acceptors (Lipinski definition) is 5. The summed E-state index contributed by atoms with van der Waals surface area (Å²) in [7, 11) is 0. The fourth-order valence-corrected chi connectivity index (χ4v) is 1.94. The van der Waals surface area contributed by atoms with Gasteiger partial charge in [0.05, 0.1) is 0 Å². The Labute approximate surface area is 113 Å². The summed E-state index contributed by atoms with van der Waals surface area (Å²) in [5.74, 6) is 0.529. The lowest BCUT2D eigenvalue weighted by molar-refractivity contribution is 0.102. The number of anilines is 2. The third kappa shape index (κ3) is 2.68. The van der Waals surface area contributed by atoms with Crippen LogP contribution in [0.4, 0.5) is 11.7 Å². The second kappa shape index (κ2) is 4.55. The molecule has 1 aliphatic rings. The van der Waals surface area contributed by atoms with Crippen molar-refractivity contribution in [3.63, 3.8) is 0 Å². The number of nitrogen functional groups attached to an aromatic ring is 1. The standard InChI is InChI=1S/C12H11ClN4O2/c13-8-3-7(4-9(14)5-8)10(18)15-12-17-16-11(19-12)6-1-2-6/h3-6H,1-2,14H2,(H,15,17,18). The zero-order valence-electron chi connectivity index (χ0n) is 9.89. The van der Waals surface area contributed by atoms with Gasteiger partial charge in [-0.2, -0.15) is 0 Å². The number of rotatable bonds is 3. The Morgan fingerprint density at radius 1 is 1.37 bits per heavy atom. The molecular weight excluding hydrogens is 268 g/mol. The first kappa shape index (κ1) is 12.0. The fraction of sp³-hybridized carbons (Fsp3) is 0.250. The minimum atomic E-state index is -0.389. The van der Waals surface area contributed by atoms with Crippen LogP contribution in [0.15, 0.2) is 22.6 Å². The molecule has 1 saturated carbocycles. The number of nitrogens with one attached hydrogen (secondary N) is 1. The molecule has 0 radical (unpaired) electrons. The van der Waals surface area contributed by atoms with Gasteiger partial charge in [-0.25, -0.2) is 0 Å². The number of amides is 1. The van der Waals surface area contributed by atoms with Crippen LogP contribution in [0, 0.1) is 0 Å². The van der Waals surface area contributed by atoms with E-state index in [1.165, 1.54) is 12.1 Å². The highest BCUT2D eigenvalue weighted by Crippen LogP contribution is 2.39. The molecule has 1 fully saturated rings. The molecule has 1 aliphatic carbocycles. The molecule has 1 heterocycles. The predicted octanol–water partition coefficient (Wildman–Crippen LogP) is 2.43. The molecule has 1 aromatic heterocycles. The first-order valence-electron chi connectivity index (χ1n) is 5.82. The van der Waals surface area contributed by atoms with Crippen LogP contribution < -0.4 is 11.1 Å². The van der Waals surface area contributed by atoms with Crippen molar-refractivity contribution in [1.82, 2.24) is 10.2 Å². The number of carbonyl (C=O) groups is 1. The summed E-state index contributed by atoms with van der Waals surface area (Å²) in [5, 5.41) is 10.6. The minimum absolute atomic E-state index is 0.0884. The Hall–Kier alpha value is -2.08. The van der Waals surface area contributed by atoms with E-state index in [2.05, 4.69) is 15.5 Å². The topological polar surface area (TPSA) is 94.0 Å². The largest absolute Gasteiger partial charge is 0.408 e. The van der Waals surface area contributed by atoms with Crippen LogP contribution in [0.2, 0.25) is 5.02 Å². The summed E-state index contributed by atoms with van der Waals surface area (Å²) in [6, 6.07) is 4.70. The van der Waals surface area contributed by atoms with E-state index < -0.39 is 0 Å². The molecule has 0 atom stereocenters. The molecule has 19 heavy (non-hydrogen) atoms. The van der Waals surface area contributed by atoms with E-state index in [4.69, 9.17) is 21.8 Å². The van der Waals surface area contributed by atoms with Crippen LogP contribution in [-0.4, -0.2) is 16.1 Å². The van der Waals surface area contributed by atoms with Gasteiger partial charge < -0.3 is 10.2 Å². The molecule has 2 aromatic rings. The van der Waals surface area contributed by atoms with Crippen LogP contribution in [0.1, 0.15) is 35.0 Å². The van der Waals surface area contributed by atoms with E-state index in [-0.39, 0.29) is 11.9 Å². The molecule has 0 bridgehead atoms. The minimum Gasteiger partial charge on any atom is -0.408 e. The average molecular weight is 279 g/mol. The third-order valence-corrected chi connectivity index (χ3v) is 2.99. The Kier molecular flexibility index (Phi) is 2.87. The molecule has 3 rings (SSSR count).